The summed E-state index contributed by atoms with van der Waals surface area (Å²) < 4.78 is 10.8. The van der Waals surface area contributed by atoms with Crippen LogP contribution in [0.1, 0.15) is 5.56 Å². The van der Waals surface area contributed by atoms with Crippen molar-refractivity contribution in [1.29, 1.82) is 0 Å². The number of ether oxygens (including phenoxy) is 2. The van der Waals surface area contributed by atoms with Crippen molar-refractivity contribution in [2.75, 3.05) is 33.9 Å². The van der Waals surface area contributed by atoms with Gasteiger partial charge in [-0.05, 0) is 24.7 Å². The van der Waals surface area contributed by atoms with Crippen LogP contribution in [0, 0.1) is 0 Å². The van der Waals surface area contributed by atoms with E-state index in [1.165, 1.54) is 0 Å². The molecule has 108 valence electrons. The Balaban J connectivity index is 1.75. The van der Waals surface area contributed by atoms with Gasteiger partial charge in [0.25, 0.3) is 0 Å². The third kappa shape index (κ3) is 2.51. The van der Waals surface area contributed by atoms with Crippen LogP contribution in [0.25, 0.3) is 0 Å². The third-order valence-corrected chi connectivity index (χ3v) is 4.07. The van der Waals surface area contributed by atoms with Crippen molar-refractivity contribution in [2.24, 2.45) is 0 Å². The van der Waals surface area contributed by atoms with E-state index in [0.29, 0.717) is 6.54 Å². The van der Waals surface area contributed by atoms with Crippen LogP contribution in [0.4, 0.5) is 0 Å². The van der Waals surface area contributed by atoms with Gasteiger partial charge in [-0.3, -0.25) is 4.79 Å². The fourth-order valence-electron chi connectivity index (χ4n) is 2.98. The monoisotopic (exact) mass is 276 g/mol. The lowest BCUT2D eigenvalue weighted by Crippen LogP contribution is -2.53. The molecule has 2 heterocycles. The Labute approximate surface area is 119 Å². The lowest BCUT2D eigenvalue weighted by atomic mass is 10.1. The number of amides is 1. The van der Waals surface area contributed by atoms with Gasteiger partial charge in [0.15, 0.2) is 0 Å². The van der Waals surface area contributed by atoms with Crippen LogP contribution in [0.2, 0.25) is 0 Å². The van der Waals surface area contributed by atoms with Gasteiger partial charge in [0, 0.05) is 19.6 Å². The van der Waals surface area contributed by atoms with E-state index < -0.39 is 0 Å². The van der Waals surface area contributed by atoms with Gasteiger partial charge in [-0.15, -0.1) is 0 Å². The fourth-order valence-corrected chi connectivity index (χ4v) is 2.98. The average Bonchev–Trinajstić information content (AvgIpc) is 2.84. The molecule has 1 amide bonds. The number of methoxy groups -OCH3 is 1. The number of carbonyl (C=O) groups excluding carboxylic acids is 1. The molecule has 1 aromatic rings. The summed E-state index contributed by atoms with van der Waals surface area (Å²) in [6, 6.07) is 8.05. The maximum atomic E-state index is 12.1. The summed E-state index contributed by atoms with van der Waals surface area (Å²) in [6.45, 7) is 2.62. The largest absolute Gasteiger partial charge is 0.497 e. The minimum atomic E-state index is 0.0809. The summed E-state index contributed by atoms with van der Waals surface area (Å²) in [5.74, 6) is 0.915. The molecule has 0 aliphatic carbocycles. The van der Waals surface area contributed by atoms with E-state index in [9.17, 15) is 4.79 Å². The first-order chi connectivity index (χ1) is 9.67. The number of morpholine rings is 1. The highest BCUT2D eigenvalue weighted by molar-refractivity contribution is 5.78. The highest BCUT2D eigenvalue weighted by atomic mass is 16.5. The smallest absolute Gasteiger partial charge is 0.249 e. The molecule has 20 heavy (non-hydrogen) atoms. The van der Waals surface area contributed by atoms with E-state index in [1.807, 2.05) is 29.2 Å². The zero-order valence-electron chi connectivity index (χ0n) is 11.9. The number of likely N-dealkylation sites (tertiary alicyclic amines) is 1. The number of nitrogens with zero attached hydrogens (tertiary/aromatic N) is 2. The molecule has 2 aliphatic heterocycles. The Bertz CT molecular complexity index is 488. The lowest BCUT2D eigenvalue weighted by molar-refractivity contribution is -0.153. The number of fused-ring (bicyclic) bond motifs is 1. The van der Waals surface area contributed by atoms with E-state index in [1.54, 1.807) is 7.11 Å². The molecule has 0 N–H and O–H groups in total. The Morgan fingerprint density at radius 3 is 2.75 bits per heavy atom. The molecule has 0 spiro atoms. The maximum Gasteiger partial charge on any atom is 0.249 e. The molecular formula is C15H20N2O3. The van der Waals surface area contributed by atoms with Gasteiger partial charge in [0.2, 0.25) is 5.91 Å². The maximum absolute atomic E-state index is 12.1. The minimum Gasteiger partial charge on any atom is -0.497 e. The number of benzene rings is 1. The van der Waals surface area contributed by atoms with E-state index in [-0.39, 0.29) is 24.7 Å². The van der Waals surface area contributed by atoms with Crippen LogP contribution < -0.4 is 4.74 Å². The number of hydrogen-bond donors (Lipinski definition) is 0. The van der Waals surface area contributed by atoms with Gasteiger partial charge in [0.1, 0.15) is 12.4 Å². The van der Waals surface area contributed by atoms with Crippen LogP contribution in [-0.2, 0) is 16.1 Å². The molecular weight excluding hydrogens is 256 g/mol. The molecule has 5 nitrogen and oxygen atoms in total. The summed E-state index contributed by atoms with van der Waals surface area (Å²) in [7, 11) is 3.72. The van der Waals surface area contributed by atoms with Crippen molar-refractivity contribution >= 4 is 5.91 Å². The highest BCUT2D eigenvalue weighted by Crippen LogP contribution is 2.24. The van der Waals surface area contributed by atoms with Crippen LogP contribution >= 0.6 is 0 Å². The van der Waals surface area contributed by atoms with Gasteiger partial charge >= 0.3 is 0 Å². The van der Waals surface area contributed by atoms with Crippen molar-refractivity contribution < 1.29 is 14.3 Å². The molecule has 0 bridgehead atoms. The standard InChI is InChI=1S/C15H20N2O3/c1-16-8-13-14(9-16)20-10-15(18)17(13)7-11-3-5-12(19-2)6-4-11/h3-6,13-14H,7-10H2,1-2H3. The Morgan fingerprint density at radius 1 is 1.30 bits per heavy atom. The van der Waals surface area contributed by atoms with Crippen molar-refractivity contribution in [1.82, 2.24) is 9.80 Å². The van der Waals surface area contributed by atoms with E-state index in [2.05, 4.69) is 11.9 Å². The van der Waals surface area contributed by atoms with E-state index >= 15 is 0 Å². The normalized spacial score (nSPS) is 26.7. The molecule has 2 aliphatic rings. The molecule has 3 rings (SSSR count). The molecule has 2 atom stereocenters. The van der Waals surface area contributed by atoms with Crippen molar-refractivity contribution in [3.63, 3.8) is 0 Å². The minimum absolute atomic E-state index is 0.0809. The number of rotatable bonds is 3. The van der Waals surface area contributed by atoms with Crippen molar-refractivity contribution in [2.45, 2.75) is 18.7 Å². The molecule has 2 saturated heterocycles. The second kappa shape index (κ2) is 5.42. The van der Waals surface area contributed by atoms with Crippen LogP contribution in [0.3, 0.4) is 0 Å². The van der Waals surface area contributed by atoms with Crippen LogP contribution in [0.5, 0.6) is 5.75 Å². The summed E-state index contributed by atoms with van der Waals surface area (Å²) >= 11 is 0. The first-order valence-corrected chi connectivity index (χ1v) is 6.90. The Hall–Kier alpha value is -1.59. The van der Waals surface area contributed by atoms with E-state index in [0.717, 1.165) is 24.4 Å². The van der Waals surface area contributed by atoms with Crippen molar-refractivity contribution in [3.05, 3.63) is 29.8 Å². The molecule has 0 aromatic heterocycles. The lowest BCUT2D eigenvalue weighted by Gasteiger charge is -2.36. The first-order valence-electron chi connectivity index (χ1n) is 6.90. The molecule has 5 heteroatoms. The van der Waals surface area contributed by atoms with Crippen LogP contribution in [-0.4, -0.2) is 61.7 Å². The quantitative estimate of drug-likeness (QED) is 0.816. The zero-order valence-corrected chi connectivity index (χ0v) is 11.9. The zero-order chi connectivity index (χ0) is 14.1. The van der Waals surface area contributed by atoms with Gasteiger partial charge in [-0.2, -0.15) is 0 Å². The summed E-state index contributed by atoms with van der Waals surface area (Å²) in [5, 5.41) is 0. The SMILES string of the molecule is COc1ccc(CN2C(=O)COC3CN(C)CC32)cc1. The van der Waals surface area contributed by atoms with Gasteiger partial charge in [0.05, 0.1) is 19.3 Å². The van der Waals surface area contributed by atoms with Crippen molar-refractivity contribution in [3.8, 4) is 5.75 Å². The number of likely N-dealkylation sites (N-methyl/N-ethyl adjacent to an activating group) is 1. The molecule has 0 saturated carbocycles. The fraction of sp³-hybridized carbons (Fsp3) is 0.533. The summed E-state index contributed by atoms with van der Waals surface area (Å²) in [6.07, 6.45) is 0.149. The van der Waals surface area contributed by atoms with Gasteiger partial charge in [-0.25, -0.2) is 0 Å². The summed E-state index contributed by atoms with van der Waals surface area (Å²) in [5.41, 5.74) is 1.12. The van der Waals surface area contributed by atoms with Gasteiger partial charge in [-0.1, -0.05) is 12.1 Å². The van der Waals surface area contributed by atoms with Gasteiger partial charge < -0.3 is 19.3 Å². The van der Waals surface area contributed by atoms with E-state index in [4.69, 9.17) is 9.47 Å². The topological polar surface area (TPSA) is 42.0 Å². The predicted molar refractivity (Wildman–Crippen MR) is 74.6 cm³/mol. The average molecular weight is 276 g/mol. The first kappa shape index (κ1) is 13.4. The highest BCUT2D eigenvalue weighted by Gasteiger charge is 2.41. The molecule has 2 unspecified atom stereocenters. The van der Waals surface area contributed by atoms with Crippen LogP contribution in [0.15, 0.2) is 24.3 Å². The number of carbonyl (C=O) groups is 1. The summed E-state index contributed by atoms with van der Waals surface area (Å²) in [4.78, 5) is 16.3. The Kier molecular flexibility index (Phi) is 3.63. The second-order valence-electron chi connectivity index (χ2n) is 5.51. The number of hydrogen-bond acceptors (Lipinski definition) is 4. The third-order valence-electron chi connectivity index (χ3n) is 4.07. The Morgan fingerprint density at radius 2 is 2.05 bits per heavy atom. The second-order valence-corrected chi connectivity index (χ2v) is 5.51. The molecule has 1 aromatic carbocycles. The predicted octanol–water partition coefficient (Wildman–Crippen LogP) is 0.737. The molecule has 2 fully saturated rings. The molecule has 0 radical (unpaired) electrons.